The second-order valence-corrected chi connectivity index (χ2v) is 8.83. The van der Waals surface area contributed by atoms with Crippen molar-refractivity contribution in [2.75, 3.05) is 0 Å². The summed E-state index contributed by atoms with van der Waals surface area (Å²) < 4.78 is 72.7. The molecule has 0 fully saturated rings. The summed E-state index contributed by atoms with van der Waals surface area (Å²) in [5, 5.41) is 4.16. The molecule has 3 aromatic carbocycles. The highest BCUT2D eigenvalue weighted by molar-refractivity contribution is 7.86. The molecule has 0 saturated heterocycles. The third kappa shape index (κ3) is 5.91. The minimum absolute atomic E-state index is 0.0232. The molecule has 0 radical (unpaired) electrons. The van der Waals surface area contributed by atoms with Crippen LogP contribution >= 0.6 is 23.2 Å². The highest BCUT2D eigenvalue weighted by Gasteiger charge is 2.32. The Hall–Kier alpha value is -2.92. The van der Waals surface area contributed by atoms with E-state index in [4.69, 9.17) is 23.2 Å². The van der Waals surface area contributed by atoms with Crippen LogP contribution < -0.4 is 5.43 Å². The molecule has 172 valence electrons. The van der Waals surface area contributed by atoms with Crippen LogP contribution in [0.3, 0.4) is 0 Å². The van der Waals surface area contributed by atoms with Gasteiger partial charge in [0, 0.05) is 16.1 Å². The molecular formula is C21H13Cl2F3N2O4S. The second kappa shape index (κ2) is 9.52. The van der Waals surface area contributed by atoms with E-state index in [2.05, 4.69) is 10.5 Å². The van der Waals surface area contributed by atoms with Gasteiger partial charge < -0.3 is 0 Å². The summed E-state index contributed by atoms with van der Waals surface area (Å²) in [7, 11) is -4.85. The standard InChI is InChI=1S/C21H13Cl2F3N2O4S/c22-14-6-7-18(23)17(10-14)20(29)28-27-11-12-3-1-2-4-15(12)16-9-13(21(24,25)26)5-8-19(16)33(30,31)32/h1-11H,(H,28,29)(H,30,31,32)/b27-11-. The lowest BCUT2D eigenvalue weighted by Crippen LogP contribution is -2.18. The average molecular weight is 517 g/mol. The molecule has 0 heterocycles. The van der Waals surface area contributed by atoms with Gasteiger partial charge in [-0.3, -0.25) is 9.35 Å². The molecule has 3 rings (SSSR count). The first kappa shape index (κ1) is 24.7. The van der Waals surface area contributed by atoms with Crippen molar-refractivity contribution < 1.29 is 30.9 Å². The molecule has 0 saturated carbocycles. The topological polar surface area (TPSA) is 95.8 Å². The average Bonchev–Trinajstić information content (AvgIpc) is 2.74. The molecule has 33 heavy (non-hydrogen) atoms. The number of rotatable bonds is 5. The summed E-state index contributed by atoms with van der Waals surface area (Å²) in [6.07, 6.45) is -3.64. The SMILES string of the molecule is O=C(N/N=C\c1ccccc1-c1cc(C(F)(F)F)ccc1S(=O)(=O)O)c1cc(Cl)ccc1Cl. The quantitative estimate of drug-likeness (QED) is 0.258. The number of alkyl halides is 3. The number of amides is 1. The highest BCUT2D eigenvalue weighted by atomic mass is 35.5. The molecule has 0 aliphatic heterocycles. The molecule has 2 N–H and O–H groups in total. The van der Waals surface area contributed by atoms with Gasteiger partial charge in [0.2, 0.25) is 0 Å². The van der Waals surface area contributed by atoms with Gasteiger partial charge in [0.25, 0.3) is 16.0 Å². The molecule has 0 aromatic heterocycles. The number of halogens is 5. The van der Waals surface area contributed by atoms with Crippen LogP contribution in [-0.2, 0) is 16.3 Å². The minimum Gasteiger partial charge on any atom is -0.282 e. The molecule has 0 unspecified atom stereocenters. The van der Waals surface area contributed by atoms with Crippen LogP contribution in [-0.4, -0.2) is 25.1 Å². The lowest BCUT2D eigenvalue weighted by Gasteiger charge is -2.14. The first-order valence-electron chi connectivity index (χ1n) is 8.94. The van der Waals surface area contributed by atoms with Crippen LogP contribution in [0, 0.1) is 0 Å². The van der Waals surface area contributed by atoms with Gasteiger partial charge in [0.15, 0.2) is 0 Å². The van der Waals surface area contributed by atoms with E-state index in [0.29, 0.717) is 18.2 Å². The van der Waals surface area contributed by atoms with Gasteiger partial charge >= 0.3 is 6.18 Å². The molecule has 0 spiro atoms. The van der Waals surface area contributed by atoms with E-state index < -0.39 is 38.2 Å². The normalized spacial score (nSPS) is 12.2. The number of hydrogen-bond donors (Lipinski definition) is 2. The number of carbonyl (C=O) groups is 1. The number of nitrogens with zero attached hydrogens (tertiary/aromatic N) is 1. The van der Waals surface area contributed by atoms with Gasteiger partial charge in [-0.1, -0.05) is 47.5 Å². The monoisotopic (exact) mass is 516 g/mol. The molecule has 1 amide bonds. The maximum absolute atomic E-state index is 13.2. The highest BCUT2D eigenvalue weighted by Crippen LogP contribution is 2.36. The summed E-state index contributed by atoms with van der Waals surface area (Å²) in [5.41, 5.74) is 0.945. The molecule has 0 aliphatic rings. The smallest absolute Gasteiger partial charge is 0.282 e. The second-order valence-electron chi connectivity index (χ2n) is 6.59. The summed E-state index contributed by atoms with van der Waals surface area (Å²) >= 11 is 11.8. The van der Waals surface area contributed by atoms with Crippen LogP contribution in [0.25, 0.3) is 11.1 Å². The Kier molecular flexibility index (Phi) is 7.13. The zero-order valence-corrected chi connectivity index (χ0v) is 18.6. The van der Waals surface area contributed by atoms with E-state index in [1.54, 1.807) is 0 Å². The summed E-state index contributed by atoms with van der Waals surface area (Å²) in [4.78, 5) is 11.6. The van der Waals surface area contributed by atoms with Gasteiger partial charge in [-0.05, 0) is 42.0 Å². The molecule has 3 aromatic rings. The van der Waals surface area contributed by atoms with E-state index >= 15 is 0 Å². The lowest BCUT2D eigenvalue weighted by atomic mass is 9.98. The molecule has 0 bridgehead atoms. The Morgan fingerprint density at radius 3 is 2.36 bits per heavy atom. The summed E-state index contributed by atoms with van der Waals surface area (Å²) in [6.45, 7) is 0. The van der Waals surface area contributed by atoms with E-state index in [1.807, 2.05) is 0 Å². The van der Waals surface area contributed by atoms with Crippen molar-refractivity contribution in [3.05, 3.63) is 87.4 Å². The number of hydrazone groups is 1. The predicted molar refractivity (Wildman–Crippen MR) is 118 cm³/mol. The Labute approximate surface area is 196 Å². The Bertz CT molecular complexity index is 1360. The van der Waals surface area contributed by atoms with Gasteiger partial charge in [0.05, 0.1) is 22.4 Å². The van der Waals surface area contributed by atoms with Gasteiger partial charge in [0.1, 0.15) is 4.90 Å². The fourth-order valence-electron chi connectivity index (χ4n) is 2.89. The fourth-order valence-corrected chi connectivity index (χ4v) is 3.95. The Morgan fingerprint density at radius 2 is 1.70 bits per heavy atom. The van der Waals surface area contributed by atoms with Crippen molar-refractivity contribution in [3.8, 4) is 11.1 Å². The maximum Gasteiger partial charge on any atom is 0.416 e. The van der Waals surface area contributed by atoms with Gasteiger partial charge in [-0.15, -0.1) is 0 Å². The van der Waals surface area contributed by atoms with Crippen LogP contribution in [0.4, 0.5) is 13.2 Å². The van der Waals surface area contributed by atoms with Crippen LogP contribution in [0.5, 0.6) is 0 Å². The van der Waals surface area contributed by atoms with Gasteiger partial charge in [-0.2, -0.15) is 26.7 Å². The first-order valence-corrected chi connectivity index (χ1v) is 11.1. The molecule has 0 atom stereocenters. The van der Waals surface area contributed by atoms with Crippen LogP contribution in [0.15, 0.2) is 70.7 Å². The molecule has 0 aliphatic carbocycles. The van der Waals surface area contributed by atoms with Crippen LogP contribution in [0.2, 0.25) is 10.0 Å². The number of benzene rings is 3. The molecule has 6 nitrogen and oxygen atoms in total. The van der Waals surface area contributed by atoms with E-state index in [9.17, 15) is 30.9 Å². The van der Waals surface area contributed by atoms with Crippen molar-refractivity contribution in [3.63, 3.8) is 0 Å². The zero-order chi connectivity index (χ0) is 24.4. The van der Waals surface area contributed by atoms with Crippen LogP contribution in [0.1, 0.15) is 21.5 Å². The summed E-state index contributed by atoms with van der Waals surface area (Å²) in [5.74, 6) is -0.700. The lowest BCUT2D eigenvalue weighted by molar-refractivity contribution is -0.137. The largest absolute Gasteiger partial charge is 0.416 e. The van der Waals surface area contributed by atoms with E-state index in [1.165, 1.54) is 42.5 Å². The third-order valence-corrected chi connectivity index (χ3v) is 5.86. The van der Waals surface area contributed by atoms with Crippen molar-refractivity contribution in [2.24, 2.45) is 5.10 Å². The fraction of sp³-hybridized carbons (Fsp3) is 0.0476. The Morgan fingerprint density at radius 1 is 1.00 bits per heavy atom. The maximum atomic E-state index is 13.2. The van der Waals surface area contributed by atoms with Gasteiger partial charge in [-0.25, -0.2) is 5.43 Å². The number of hydrogen-bond acceptors (Lipinski definition) is 4. The number of carbonyl (C=O) groups excluding carboxylic acids is 1. The Balaban J connectivity index is 2.02. The van der Waals surface area contributed by atoms with Crippen molar-refractivity contribution in [2.45, 2.75) is 11.1 Å². The summed E-state index contributed by atoms with van der Waals surface area (Å²) in [6, 6.07) is 11.8. The molecular weight excluding hydrogens is 504 g/mol. The van der Waals surface area contributed by atoms with Crippen molar-refractivity contribution in [1.29, 1.82) is 0 Å². The van der Waals surface area contributed by atoms with Crippen molar-refractivity contribution >= 4 is 45.4 Å². The zero-order valence-electron chi connectivity index (χ0n) is 16.3. The minimum atomic E-state index is -4.85. The third-order valence-electron chi connectivity index (χ3n) is 4.38. The van der Waals surface area contributed by atoms with E-state index in [-0.39, 0.29) is 26.7 Å². The first-order chi connectivity index (χ1) is 15.4. The van der Waals surface area contributed by atoms with E-state index in [0.717, 1.165) is 6.21 Å². The predicted octanol–water partition coefficient (Wildman–Crippen LogP) is 5.69. The van der Waals surface area contributed by atoms with Crippen molar-refractivity contribution in [1.82, 2.24) is 5.43 Å². The molecule has 12 heteroatoms. The number of nitrogens with one attached hydrogen (secondary N) is 1.